The number of hydrogen-bond acceptors (Lipinski definition) is 8. The van der Waals surface area contributed by atoms with Crippen molar-refractivity contribution in [2.45, 2.75) is 44.1 Å². The lowest BCUT2D eigenvalue weighted by Gasteiger charge is -2.08. The lowest BCUT2D eigenvalue weighted by atomic mass is 10.4. The van der Waals surface area contributed by atoms with Gasteiger partial charge in [0.15, 0.2) is 0 Å². The summed E-state index contributed by atoms with van der Waals surface area (Å²) < 4.78 is 2.57. The highest BCUT2D eigenvalue weighted by atomic mass is 32.2. The average molecular weight is 316 g/mol. The van der Waals surface area contributed by atoms with Crippen LogP contribution < -0.4 is 0 Å². The van der Waals surface area contributed by atoms with E-state index in [-0.39, 0.29) is 6.04 Å². The van der Waals surface area contributed by atoms with E-state index in [2.05, 4.69) is 34.4 Å². The van der Waals surface area contributed by atoms with E-state index in [0.29, 0.717) is 5.25 Å². The minimum atomic E-state index is 0.236. The fourth-order valence-corrected chi connectivity index (χ4v) is 4.49. The van der Waals surface area contributed by atoms with E-state index >= 15 is 0 Å². The molecule has 0 N–H and O–H groups in total. The second-order valence-electron chi connectivity index (χ2n) is 4.05. The lowest BCUT2D eigenvalue weighted by molar-refractivity contribution is 0.477. The quantitative estimate of drug-likeness (QED) is 0.271. The first kappa shape index (κ1) is 16.3. The zero-order valence-corrected chi connectivity index (χ0v) is 13.7. The summed E-state index contributed by atoms with van der Waals surface area (Å²) in [5.74, 6) is 0. The van der Waals surface area contributed by atoms with E-state index in [0.717, 1.165) is 14.6 Å². The Bertz CT molecular complexity index is 462. The molecule has 0 amide bonds. The molecule has 9 heteroatoms. The van der Waals surface area contributed by atoms with Crippen molar-refractivity contribution in [3.63, 3.8) is 0 Å². The summed E-state index contributed by atoms with van der Waals surface area (Å²) in [6.07, 6.45) is 1.84. The molecular formula is C10H16N6S3. The molecule has 0 aliphatic heterocycles. The van der Waals surface area contributed by atoms with Crippen molar-refractivity contribution in [3.8, 4) is 6.19 Å². The summed E-state index contributed by atoms with van der Waals surface area (Å²) in [5.41, 5.74) is 0. The Morgan fingerprint density at radius 1 is 1.42 bits per heavy atom. The van der Waals surface area contributed by atoms with Crippen LogP contribution in [0.4, 0.5) is 0 Å². The maximum absolute atomic E-state index is 8.64. The van der Waals surface area contributed by atoms with Gasteiger partial charge < -0.3 is 0 Å². The second kappa shape index (κ2) is 8.45. The van der Waals surface area contributed by atoms with E-state index in [9.17, 15) is 0 Å². The molecule has 0 spiro atoms. The predicted octanol–water partition coefficient (Wildman–Crippen LogP) is 3.02. The molecule has 0 atom stereocenters. The van der Waals surface area contributed by atoms with Gasteiger partial charge in [-0.05, 0) is 24.3 Å². The number of tetrazole rings is 1. The van der Waals surface area contributed by atoms with Crippen LogP contribution in [0.3, 0.4) is 0 Å². The Kier molecular flexibility index (Phi) is 7.27. The molecule has 0 radical (unpaired) electrons. The van der Waals surface area contributed by atoms with Crippen LogP contribution >= 0.6 is 35.3 Å². The number of nitrogens with zero attached hydrogens (tertiary/aromatic N) is 6. The SMILES string of the molecule is CC(C)SC(=NC#N)SCSc1nnnn1C(C)C. The van der Waals surface area contributed by atoms with E-state index in [1.807, 2.05) is 20.0 Å². The molecule has 6 nitrogen and oxygen atoms in total. The Morgan fingerprint density at radius 2 is 2.16 bits per heavy atom. The van der Waals surface area contributed by atoms with E-state index in [4.69, 9.17) is 5.26 Å². The van der Waals surface area contributed by atoms with Crippen LogP contribution in [0.5, 0.6) is 0 Å². The highest BCUT2D eigenvalue weighted by Gasteiger charge is 2.11. The number of rotatable bonds is 5. The maximum atomic E-state index is 8.64. The average Bonchev–Trinajstić information content (AvgIpc) is 2.77. The van der Waals surface area contributed by atoms with Gasteiger partial charge in [0.05, 0.1) is 11.1 Å². The molecule has 0 unspecified atom stereocenters. The van der Waals surface area contributed by atoms with Gasteiger partial charge in [0, 0.05) is 5.25 Å². The third kappa shape index (κ3) is 5.84. The first-order chi connectivity index (χ1) is 9.04. The van der Waals surface area contributed by atoms with Crippen molar-refractivity contribution in [1.82, 2.24) is 20.2 Å². The highest BCUT2D eigenvalue weighted by Crippen LogP contribution is 2.27. The third-order valence-electron chi connectivity index (χ3n) is 1.80. The van der Waals surface area contributed by atoms with Gasteiger partial charge in [0.25, 0.3) is 0 Å². The van der Waals surface area contributed by atoms with Crippen molar-refractivity contribution in [2.24, 2.45) is 4.99 Å². The summed E-state index contributed by atoms with van der Waals surface area (Å²) in [4.78, 5) is 3.82. The number of nitriles is 1. The van der Waals surface area contributed by atoms with Crippen LogP contribution in [0, 0.1) is 11.5 Å². The van der Waals surface area contributed by atoms with E-state index in [1.54, 1.807) is 28.2 Å². The molecule has 1 heterocycles. The van der Waals surface area contributed by atoms with E-state index < -0.39 is 0 Å². The van der Waals surface area contributed by atoms with Crippen molar-refractivity contribution in [1.29, 1.82) is 5.26 Å². The van der Waals surface area contributed by atoms with Crippen LogP contribution in [0.1, 0.15) is 33.7 Å². The monoisotopic (exact) mass is 316 g/mol. The van der Waals surface area contributed by atoms with Gasteiger partial charge in [0.2, 0.25) is 11.3 Å². The Labute approximate surface area is 125 Å². The molecule has 0 aliphatic rings. The third-order valence-corrected chi connectivity index (χ3v) is 5.01. The van der Waals surface area contributed by atoms with Gasteiger partial charge in [-0.2, -0.15) is 10.3 Å². The van der Waals surface area contributed by atoms with Crippen LogP contribution in [0.25, 0.3) is 0 Å². The van der Waals surface area contributed by atoms with Crippen molar-refractivity contribution >= 4 is 39.7 Å². The van der Waals surface area contributed by atoms with Crippen LogP contribution in [0.2, 0.25) is 0 Å². The number of thioether (sulfide) groups is 3. The Hall–Kier alpha value is -0.720. The van der Waals surface area contributed by atoms with Gasteiger partial charge in [-0.15, -0.1) is 5.10 Å². The lowest BCUT2D eigenvalue weighted by Crippen LogP contribution is -2.04. The topological polar surface area (TPSA) is 79.8 Å². The number of hydrogen-bond donors (Lipinski definition) is 0. The van der Waals surface area contributed by atoms with Crippen LogP contribution in [-0.4, -0.2) is 34.9 Å². The largest absolute Gasteiger partial charge is 0.218 e. The Balaban J connectivity index is 2.50. The molecular weight excluding hydrogens is 300 g/mol. The molecule has 0 aromatic carbocycles. The second-order valence-corrected chi connectivity index (χ2v) is 8.15. The van der Waals surface area contributed by atoms with Crippen LogP contribution in [0.15, 0.2) is 10.1 Å². The summed E-state index contributed by atoms with van der Waals surface area (Å²) in [7, 11) is 0. The van der Waals surface area contributed by atoms with Gasteiger partial charge in [-0.25, -0.2) is 4.68 Å². The number of aromatic nitrogens is 4. The van der Waals surface area contributed by atoms with Gasteiger partial charge in [-0.3, -0.25) is 0 Å². The van der Waals surface area contributed by atoms with Gasteiger partial charge >= 0.3 is 0 Å². The van der Waals surface area contributed by atoms with Crippen molar-refractivity contribution in [3.05, 3.63) is 0 Å². The smallest absolute Gasteiger partial charge is 0.210 e. The number of aliphatic imine (C=N–C) groups is 1. The molecule has 0 fully saturated rings. The van der Waals surface area contributed by atoms with Gasteiger partial charge in [-0.1, -0.05) is 49.1 Å². The zero-order valence-electron chi connectivity index (χ0n) is 11.3. The molecule has 1 aromatic heterocycles. The standard InChI is InChI=1S/C10H16N6S3/c1-7(2)16-9(13-14-15-16)17-6-18-10(12-5-11)19-8(3)4/h7-8H,6H2,1-4H3. The van der Waals surface area contributed by atoms with Crippen molar-refractivity contribution in [2.75, 3.05) is 5.08 Å². The summed E-state index contributed by atoms with van der Waals surface area (Å²) in [6, 6.07) is 0.236. The molecule has 1 aromatic rings. The maximum Gasteiger partial charge on any atom is 0.210 e. The normalized spacial score (nSPS) is 12.2. The zero-order chi connectivity index (χ0) is 14.3. The molecule has 0 bridgehead atoms. The molecule has 0 aliphatic carbocycles. The van der Waals surface area contributed by atoms with Crippen molar-refractivity contribution < 1.29 is 0 Å². The van der Waals surface area contributed by atoms with Crippen LogP contribution in [-0.2, 0) is 0 Å². The first-order valence-corrected chi connectivity index (χ1v) is 8.56. The minimum absolute atomic E-state index is 0.236. The first-order valence-electron chi connectivity index (χ1n) is 5.71. The minimum Gasteiger partial charge on any atom is -0.218 e. The summed E-state index contributed by atoms with van der Waals surface area (Å²) >= 11 is 4.68. The fourth-order valence-electron chi connectivity index (χ4n) is 1.07. The molecule has 104 valence electrons. The predicted molar refractivity (Wildman–Crippen MR) is 82.3 cm³/mol. The highest BCUT2D eigenvalue weighted by molar-refractivity contribution is 8.41. The van der Waals surface area contributed by atoms with E-state index in [1.165, 1.54) is 11.8 Å². The summed E-state index contributed by atoms with van der Waals surface area (Å²) in [5, 5.41) is 22.2. The summed E-state index contributed by atoms with van der Waals surface area (Å²) in [6.45, 7) is 8.21. The molecule has 0 saturated heterocycles. The van der Waals surface area contributed by atoms with Gasteiger partial charge in [0.1, 0.15) is 4.38 Å². The Morgan fingerprint density at radius 3 is 2.74 bits per heavy atom. The fraction of sp³-hybridized carbons (Fsp3) is 0.700. The molecule has 19 heavy (non-hydrogen) atoms. The molecule has 1 rings (SSSR count). The molecule has 0 saturated carbocycles.